The number of morpholine rings is 1. The molecule has 2 N–H and O–H groups in total. The predicted octanol–water partition coefficient (Wildman–Crippen LogP) is 0.339. The van der Waals surface area contributed by atoms with E-state index in [2.05, 4.69) is 10.2 Å². The average Bonchev–Trinajstić information content (AvgIpc) is 2.41. The lowest BCUT2D eigenvalue weighted by Crippen LogP contribution is -2.48. The first kappa shape index (κ1) is 12.9. The van der Waals surface area contributed by atoms with Crippen molar-refractivity contribution in [1.29, 1.82) is 0 Å². The Bertz CT molecular complexity index is 405. The van der Waals surface area contributed by atoms with Crippen LogP contribution in [0.25, 0.3) is 0 Å². The fourth-order valence-electron chi connectivity index (χ4n) is 2.03. The van der Waals surface area contributed by atoms with Crippen molar-refractivity contribution in [1.82, 2.24) is 10.2 Å². The predicted molar refractivity (Wildman–Crippen MR) is 67.2 cm³/mol. The van der Waals surface area contributed by atoms with E-state index >= 15 is 0 Å². The van der Waals surface area contributed by atoms with E-state index < -0.39 is 0 Å². The zero-order chi connectivity index (χ0) is 13.0. The number of amides is 1. The molecule has 0 bridgehead atoms. The molecule has 1 aromatic carbocycles. The summed E-state index contributed by atoms with van der Waals surface area (Å²) in [6.45, 7) is 2.74. The van der Waals surface area contributed by atoms with E-state index in [9.17, 15) is 9.90 Å². The van der Waals surface area contributed by atoms with Crippen LogP contribution in [0.15, 0.2) is 24.3 Å². The van der Waals surface area contributed by atoms with Crippen LogP contribution in [-0.2, 0) is 16.1 Å². The standard InChI is InChI=1S/C13H18N2O3/c1-14-13(17)12-9-15(6-7-18-12)8-10-2-4-11(16)5-3-10/h2-5,12,16H,6-9H2,1H3,(H,14,17). The molecular formula is C13H18N2O3. The largest absolute Gasteiger partial charge is 0.508 e. The van der Waals surface area contributed by atoms with Crippen LogP contribution in [0, 0.1) is 0 Å². The van der Waals surface area contributed by atoms with Gasteiger partial charge in [-0.3, -0.25) is 9.69 Å². The number of phenolic OH excluding ortho intramolecular Hbond substituents is 1. The highest BCUT2D eigenvalue weighted by Gasteiger charge is 2.25. The molecule has 1 aliphatic rings. The molecule has 1 aromatic rings. The molecule has 1 unspecified atom stereocenters. The van der Waals surface area contributed by atoms with Gasteiger partial charge in [0.25, 0.3) is 0 Å². The number of likely N-dealkylation sites (N-methyl/N-ethyl adjacent to an activating group) is 1. The first-order chi connectivity index (χ1) is 8.69. The van der Waals surface area contributed by atoms with Gasteiger partial charge in [-0.2, -0.15) is 0 Å². The molecule has 1 heterocycles. The Hall–Kier alpha value is -1.59. The van der Waals surface area contributed by atoms with Gasteiger partial charge in [0.1, 0.15) is 11.9 Å². The Labute approximate surface area is 106 Å². The highest BCUT2D eigenvalue weighted by atomic mass is 16.5. The minimum Gasteiger partial charge on any atom is -0.508 e. The highest BCUT2D eigenvalue weighted by molar-refractivity contribution is 5.80. The van der Waals surface area contributed by atoms with Crippen molar-refractivity contribution in [3.8, 4) is 5.75 Å². The summed E-state index contributed by atoms with van der Waals surface area (Å²) < 4.78 is 5.42. The van der Waals surface area contributed by atoms with Gasteiger partial charge in [0, 0.05) is 26.7 Å². The molecule has 1 fully saturated rings. The van der Waals surface area contributed by atoms with Crippen LogP contribution in [0.4, 0.5) is 0 Å². The number of phenols is 1. The molecule has 0 aromatic heterocycles. The van der Waals surface area contributed by atoms with Gasteiger partial charge in [0.05, 0.1) is 6.61 Å². The van der Waals surface area contributed by atoms with Crippen molar-refractivity contribution < 1.29 is 14.6 Å². The molecule has 1 aliphatic heterocycles. The number of aromatic hydroxyl groups is 1. The molecule has 0 saturated carbocycles. The van der Waals surface area contributed by atoms with Crippen molar-refractivity contribution in [3.05, 3.63) is 29.8 Å². The summed E-state index contributed by atoms with van der Waals surface area (Å²) in [5.41, 5.74) is 1.12. The van der Waals surface area contributed by atoms with Crippen molar-refractivity contribution in [2.45, 2.75) is 12.6 Å². The van der Waals surface area contributed by atoms with E-state index in [1.165, 1.54) is 0 Å². The molecule has 0 spiro atoms. The normalized spacial score (nSPS) is 20.6. The molecule has 1 amide bonds. The van der Waals surface area contributed by atoms with Crippen molar-refractivity contribution in [2.24, 2.45) is 0 Å². The Kier molecular flexibility index (Phi) is 4.17. The van der Waals surface area contributed by atoms with Gasteiger partial charge >= 0.3 is 0 Å². The number of rotatable bonds is 3. The van der Waals surface area contributed by atoms with Crippen LogP contribution in [0.2, 0.25) is 0 Å². The summed E-state index contributed by atoms with van der Waals surface area (Å²) in [4.78, 5) is 13.7. The second-order valence-electron chi connectivity index (χ2n) is 4.38. The summed E-state index contributed by atoms with van der Waals surface area (Å²) >= 11 is 0. The summed E-state index contributed by atoms with van der Waals surface area (Å²) in [7, 11) is 1.62. The van der Waals surface area contributed by atoms with Gasteiger partial charge in [-0.1, -0.05) is 12.1 Å². The molecule has 5 heteroatoms. The first-order valence-corrected chi connectivity index (χ1v) is 6.02. The van der Waals surface area contributed by atoms with E-state index in [-0.39, 0.29) is 17.8 Å². The zero-order valence-corrected chi connectivity index (χ0v) is 10.4. The number of carbonyl (C=O) groups is 1. The molecule has 18 heavy (non-hydrogen) atoms. The second-order valence-corrected chi connectivity index (χ2v) is 4.38. The lowest BCUT2D eigenvalue weighted by molar-refractivity contribution is -0.138. The van der Waals surface area contributed by atoms with Crippen LogP contribution in [0.5, 0.6) is 5.75 Å². The molecule has 5 nitrogen and oxygen atoms in total. The fourth-order valence-corrected chi connectivity index (χ4v) is 2.03. The smallest absolute Gasteiger partial charge is 0.250 e. The van der Waals surface area contributed by atoms with Gasteiger partial charge in [0.15, 0.2) is 0 Å². The minimum atomic E-state index is -0.388. The average molecular weight is 250 g/mol. The van der Waals surface area contributed by atoms with E-state index in [1.807, 2.05) is 12.1 Å². The highest BCUT2D eigenvalue weighted by Crippen LogP contribution is 2.14. The molecular weight excluding hydrogens is 232 g/mol. The number of ether oxygens (including phenoxy) is 1. The van der Waals surface area contributed by atoms with Gasteiger partial charge in [0.2, 0.25) is 5.91 Å². The Morgan fingerprint density at radius 1 is 1.50 bits per heavy atom. The molecule has 98 valence electrons. The van der Waals surface area contributed by atoms with Crippen LogP contribution in [0.1, 0.15) is 5.56 Å². The summed E-state index contributed by atoms with van der Waals surface area (Å²) in [5, 5.41) is 11.8. The third-order valence-electron chi connectivity index (χ3n) is 3.03. The van der Waals surface area contributed by atoms with Crippen LogP contribution >= 0.6 is 0 Å². The van der Waals surface area contributed by atoms with Crippen molar-refractivity contribution in [3.63, 3.8) is 0 Å². The SMILES string of the molecule is CNC(=O)C1CN(Cc2ccc(O)cc2)CCO1. The Morgan fingerprint density at radius 2 is 2.22 bits per heavy atom. The lowest BCUT2D eigenvalue weighted by Gasteiger charge is -2.31. The van der Waals surface area contributed by atoms with Crippen molar-refractivity contribution in [2.75, 3.05) is 26.7 Å². The third kappa shape index (κ3) is 3.21. The van der Waals surface area contributed by atoms with Crippen LogP contribution in [-0.4, -0.2) is 48.8 Å². The van der Waals surface area contributed by atoms with E-state index in [0.29, 0.717) is 13.2 Å². The maximum Gasteiger partial charge on any atom is 0.250 e. The monoisotopic (exact) mass is 250 g/mol. The number of hydrogen-bond donors (Lipinski definition) is 2. The first-order valence-electron chi connectivity index (χ1n) is 6.02. The fraction of sp³-hybridized carbons (Fsp3) is 0.462. The van der Waals surface area contributed by atoms with Gasteiger partial charge < -0.3 is 15.2 Å². The minimum absolute atomic E-state index is 0.0783. The van der Waals surface area contributed by atoms with E-state index in [1.54, 1.807) is 19.2 Å². The number of carbonyl (C=O) groups excluding carboxylic acids is 1. The van der Waals surface area contributed by atoms with Gasteiger partial charge in [-0.05, 0) is 17.7 Å². The van der Waals surface area contributed by atoms with Gasteiger partial charge in [-0.25, -0.2) is 0 Å². The summed E-state index contributed by atoms with van der Waals surface area (Å²) in [6, 6.07) is 7.12. The van der Waals surface area contributed by atoms with Crippen LogP contribution < -0.4 is 5.32 Å². The van der Waals surface area contributed by atoms with Crippen LogP contribution in [0.3, 0.4) is 0 Å². The summed E-state index contributed by atoms with van der Waals surface area (Å²) in [5.74, 6) is 0.189. The molecule has 1 atom stereocenters. The number of nitrogens with one attached hydrogen (secondary N) is 1. The Morgan fingerprint density at radius 3 is 2.89 bits per heavy atom. The third-order valence-corrected chi connectivity index (χ3v) is 3.03. The Balaban J connectivity index is 1.93. The topological polar surface area (TPSA) is 61.8 Å². The number of benzene rings is 1. The quantitative estimate of drug-likeness (QED) is 0.812. The maximum absolute atomic E-state index is 11.5. The van der Waals surface area contributed by atoms with E-state index in [0.717, 1.165) is 18.7 Å². The summed E-state index contributed by atoms with van der Waals surface area (Å²) in [6.07, 6.45) is -0.388. The molecule has 2 rings (SSSR count). The number of hydrogen-bond acceptors (Lipinski definition) is 4. The zero-order valence-electron chi connectivity index (χ0n) is 10.4. The lowest BCUT2D eigenvalue weighted by atomic mass is 10.2. The molecule has 0 radical (unpaired) electrons. The van der Waals surface area contributed by atoms with E-state index in [4.69, 9.17) is 4.74 Å². The molecule has 1 saturated heterocycles. The second kappa shape index (κ2) is 5.84. The van der Waals surface area contributed by atoms with Gasteiger partial charge in [-0.15, -0.1) is 0 Å². The number of nitrogens with zero attached hydrogens (tertiary/aromatic N) is 1. The maximum atomic E-state index is 11.5. The molecule has 0 aliphatic carbocycles. The van der Waals surface area contributed by atoms with Crippen molar-refractivity contribution >= 4 is 5.91 Å².